The molecule has 0 saturated heterocycles. The van der Waals surface area contributed by atoms with Gasteiger partial charge < -0.3 is 4.74 Å². The van der Waals surface area contributed by atoms with Crippen molar-refractivity contribution in [2.24, 2.45) is 17.8 Å². The smallest absolute Gasteiger partial charge is 0.179 e. The number of Topliss-reactive ketones (excluding diaryl/α,β-unsaturated/α-hetero) is 1. The summed E-state index contributed by atoms with van der Waals surface area (Å²) >= 11 is 12.3. The van der Waals surface area contributed by atoms with Crippen LogP contribution in [0.2, 0.25) is 0 Å². The second-order valence-electron chi connectivity index (χ2n) is 6.23. The SMILES string of the molecule is CCOC(CC)CCCCC1CCC2C(=O)C(Cl)(Cl)C12. The normalized spacial score (nSPS) is 32.8. The number of alkyl halides is 2. The molecule has 2 nitrogen and oxygen atoms in total. The van der Waals surface area contributed by atoms with Crippen molar-refractivity contribution in [2.45, 2.75) is 69.2 Å². The third-order valence-corrected chi connectivity index (χ3v) is 5.96. The average molecular weight is 321 g/mol. The predicted molar refractivity (Wildman–Crippen MR) is 83.3 cm³/mol. The molecule has 2 aliphatic carbocycles. The van der Waals surface area contributed by atoms with Crippen molar-refractivity contribution in [3.63, 3.8) is 0 Å². The quantitative estimate of drug-likeness (QED) is 0.476. The van der Waals surface area contributed by atoms with Crippen molar-refractivity contribution < 1.29 is 9.53 Å². The van der Waals surface area contributed by atoms with Gasteiger partial charge >= 0.3 is 0 Å². The molecule has 116 valence electrons. The average Bonchev–Trinajstić information content (AvgIpc) is 2.84. The van der Waals surface area contributed by atoms with E-state index in [1.807, 2.05) is 0 Å². The third kappa shape index (κ3) is 3.18. The maximum absolute atomic E-state index is 11.8. The summed E-state index contributed by atoms with van der Waals surface area (Å²) in [7, 11) is 0. The number of unbranched alkanes of at least 4 members (excludes halogenated alkanes) is 1. The van der Waals surface area contributed by atoms with Gasteiger partial charge in [0.25, 0.3) is 0 Å². The van der Waals surface area contributed by atoms with Crippen LogP contribution in [0.5, 0.6) is 0 Å². The Hall–Kier alpha value is 0.210. The zero-order chi connectivity index (χ0) is 14.8. The molecule has 4 heteroatoms. The fourth-order valence-electron chi connectivity index (χ4n) is 3.98. The first-order valence-corrected chi connectivity index (χ1v) is 8.81. The number of ketones is 1. The van der Waals surface area contributed by atoms with E-state index in [2.05, 4.69) is 13.8 Å². The fourth-order valence-corrected chi connectivity index (χ4v) is 4.92. The van der Waals surface area contributed by atoms with Crippen molar-refractivity contribution in [3.8, 4) is 0 Å². The van der Waals surface area contributed by atoms with E-state index in [1.165, 1.54) is 12.8 Å². The van der Waals surface area contributed by atoms with Gasteiger partial charge in [-0.15, -0.1) is 0 Å². The minimum atomic E-state index is -1.08. The van der Waals surface area contributed by atoms with Gasteiger partial charge in [-0.05, 0) is 38.5 Å². The van der Waals surface area contributed by atoms with E-state index in [0.717, 1.165) is 38.7 Å². The molecular weight excluding hydrogens is 295 g/mol. The second-order valence-corrected chi connectivity index (χ2v) is 7.61. The number of hydrogen-bond acceptors (Lipinski definition) is 2. The molecule has 0 N–H and O–H groups in total. The highest BCUT2D eigenvalue weighted by atomic mass is 35.5. The van der Waals surface area contributed by atoms with Crippen LogP contribution in [0.1, 0.15) is 58.8 Å². The lowest BCUT2D eigenvalue weighted by molar-refractivity contribution is -0.135. The predicted octanol–water partition coefficient (Wildman–Crippen LogP) is 4.76. The minimum absolute atomic E-state index is 0.0655. The zero-order valence-electron chi connectivity index (χ0n) is 12.5. The Kier molecular flexibility index (Phi) is 5.79. The number of carbonyl (C=O) groups excluding carboxylic acids is 1. The van der Waals surface area contributed by atoms with Crippen LogP contribution in [0.4, 0.5) is 0 Å². The molecule has 2 fully saturated rings. The maximum atomic E-state index is 11.8. The van der Waals surface area contributed by atoms with Gasteiger partial charge in [-0.1, -0.05) is 49.4 Å². The van der Waals surface area contributed by atoms with Crippen LogP contribution in [0.3, 0.4) is 0 Å². The number of carbonyl (C=O) groups is 1. The van der Waals surface area contributed by atoms with Gasteiger partial charge in [0, 0.05) is 18.4 Å². The summed E-state index contributed by atoms with van der Waals surface area (Å²) in [5.74, 6) is 0.976. The number of fused-ring (bicyclic) bond motifs is 1. The lowest BCUT2D eigenvalue weighted by Gasteiger charge is -2.44. The van der Waals surface area contributed by atoms with Crippen LogP contribution in [-0.2, 0) is 9.53 Å². The van der Waals surface area contributed by atoms with Crippen molar-refractivity contribution in [2.75, 3.05) is 6.61 Å². The summed E-state index contributed by atoms with van der Waals surface area (Å²) in [5.41, 5.74) is 0. The first-order chi connectivity index (χ1) is 9.52. The van der Waals surface area contributed by atoms with Gasteiger partial charge in [-0.2, -0.15) is 0 Å². The molecule has 0 aromatic rings. The monoisotopic (exact) mass is 320 g/mol. The van der Waals surface area contributed by atoms with Crippen LogP contribution < -0.4 is 0 Å². The van der Waals surface area contributed by atoms with Crippen molar-refractivity contribution in [3.05, 3.63) is 0 Å². The van der Waals surface area contributed by atoms with Gasteiger partial charge in [-0.25, -0.2) is 0 Å². The Bertz CT molecular complexity index is 343. The molecule has 0 aromatic heterocycles. The van der Waals surface area contributed by atoms with Crippen molar-refractivity contribution in [1.29, 1.82) is 0 Å². The molecule has 2 aliphatic rings. The summed E-state index contributed by atoms with van der Waals surface area (Å²) in [6, 6.07) is 0. The van der Waals surface area contributed by atoms with Crippen LogP contribution in [0.25, 0.3) is 0 Å². The summed E-state index contributed by atoms with van der Waals surface area (Å²) in [4.78, 5) is 11.8. The molecule has 20 heavy (non-hydrogen) atoms. The largest absolute Gasteiger partial charge is 0.379 e. The standard InChI is InChI=1S/C16H26Cl2O2/c1-3-12(20-4-2)8-6-5-7-11-9-10-13-14(11)16(17,18)15(13)19/h11-14H,3-10H2,1-2H3. The fraction of sp³-hybridized carbons (Fsp3) is 0.938. The topological polar surface area (TPSA) is 26.3 Å². The van der Waals surface area contributed by atoms with E-state index in [9.17, 15) is 4.79 Å². The summed E-state index contributed by atoms with van der Waals surface area (Å²) in [6.45, 7) is 5.03. The molecule has 0 bridgehead atoms. The highest BCUT2D eigenvalue weighted by Gasteiger charge is 2.64. The first-order valence-electron chi connectivity index (χ1n) is 8.06. The van der Waals surface area contributed by atoms with Crippen LogP contribution in [-0.4, -0.2) is 22.8 Å². The summed E-state index contributed by atoms with van der Waals surface area (Å²) in [5, 5.41) is 0. The van der Waals surface area contributed by atoms with Crippen molar-refractivity contribution in [1.82, 2.24) is 0 Å². The highest BCUT2D eigenvalue weighted by Crippen LogP contribution is 2.60. The minimum Gasteiger partial charge on any atom is -0.379 e. The number of halogens is 2. The Labute approximate surface area is 132 Å². The Morgan fingerprint density at radius 3 is 2.70 bits per heavy atom. The van der Waals surface area contributed by atoms with Gasteiger partial charge in [-0.3, -0.25) is 4.79 Å². The molecule has 4 atom stereocenters. The lowest BCUT2D eigenvalue weighted by Crippen LogP contribution is -2.55. The molecule has 0 aromatic carbocycles. The molecule has 0 radical (unpaired) electrons. The van der Waals surface area contributed by atoms with Gasteiger partial charge in [0.15, 0.2) is 10.1 Å². The molecular formula is C16H26Cl2O2. The van der Waals surface area contributed by atoms with Crippen LogP contribution in [0, 0.1) is 17.8 Å². The molecule has 0 heterocycles. The maximum Gasteiger partial charge on any atom is 0.179 e. The lowest BCUT2D eigenvalue weighted by atomic mass is 9.69. The van der Waals surface area contributed by atoms with E-state index in [4.69, 9.17) is 27.9 Å². The summed E-state index contributed by atoms with van der Waals surface area (Å²) in [6.07, 6.45) is 8.27. The van der Waals surface area contributed by atoms with E-state index >= 15 is 0 Å². The van der Waals surface area contributed by atoms with Gasteiger partial charge in [0.2, 0.25) is 0 Å². The number of ether oxygens (including phenoxy) is 1. The Morgan fingerprint density at radius 2 is 2.05 bits per heavy atom. The molecule has 0 aliphatic heterocycles. The van der Waals surface area contributed by atoms with E-state index < -0.39 is 4.33 Å². The molecule has 4 unspecified atom stereocenters. The van der Waals surface area contributed by atoms with E-state index in [1.54, 1.807) is 0 Å². The second kappa shape index (κ2) is 6.98. The van der Waals surface area contributed by atoms with Crippen LogP contribution >= 0.6 is 23.2 Å². The number of hydrogen-bond donors (Lipinski definition) is 0. The molecule has 2 saturated carbocycles. The molecule has 0 spiro atoms. The van der Waals surface area contributed by atoms with Gasteiger partial charge in [0.05, 0.1) is 6.10 Å². The third-order valence-electron chi connectivity index (χ3n) is 5.08. The molecule has 2 rings (SSSR count). The number of rotatable bonds is 8. The van der Waals surface area contributed by atoms with Gasteiger partial charge in [0.1, 0.15) is 0 Å². The highest BCUT2D eigenvalue weighted by molar-refractivity contribution is 6.60. The van der Waals surface area contributed by atoms with Crippen LogP contribution in [0.15, 0.2) is 0 Å². The Morgan fingerprint density at radius 1 is 1.30 bits per heavy atom. The first kappa shape index (κ1) is 16.6. The molecule has 0 amide bonds. The zero-order valence-corrected chi connectivity index (χ0v) is 14.1. The Balaban J connectivity index is 1.69. The van der Waals surface area contributed by atoms with E-state index in [0.29, 0.717) is 12.0 Å². The van der Waals surface area contributed by atoms with E-state index in [-0.39, 0.29) is 17.6 Å². The summed E-state index contributed by atoms with van der Waals surface area (Å²) < 4.78 is 4.59. The van der Waals surface area contributed by atoms with Crippen molar-refractivity contribution >= 4 is 29.0 Å².